The number of benzene rings is 1. The number of amides is 2. The quantitative estimate of drug-likeness (QED) is 0.940. The molecule has 1 saturated heterocycles. The maximum Gasteiger partial charge on any atom is 0.270 e. The molecule has 5 nitrogen and oxygen atoms in total. The zero-order valence-corrected chi connectivity index (χ0v) is 14.1. The van der Waals surface area contributed by atoms with Crippen molar-refractivity contribution in [3.63, 3.8) is 0 Å². The molecule has 0 radical (unpaired) electrons. The fraction of sp³-hybridized carbons (Fsp3) is 0.444. The first kappa shape index (κ1) is 16.5. The minimum atomic E-state index is -0.357. The van der Waals surface area contributed by atoms with E-state index in [-0.39, 0.29) is 17.6 Å². The summed E-state index contributed by atoms with van der Waals surface area (Å²) in [5, 5.41) is 0.732. The van der Waals surface area contributed by atoms with E-state index in [1.54, 1.807) is 17.0 Å². The Labute approximate surface area is 140 Å². The number of fused-ring (bicyclic) bond motifs is 1. The molecule has 0 atom stereocenters. The van der Waals surface area contributed by atoms with Gasteiger partial charge in [0.15, 0.2) is 0 Å². The van der Waals surface area contributed by atoms with Gasteiger partial charge in [-0.25, -0.2) is 4.39 Å². The number of halogens is 1. The van der Waals surface area contributed by atoms with Crippen LogP contribution in [0.4, 0.5) is 4.39 Å². The van der Waals surface area contributed by atoms with Crippen LogP contribution in [-0.2, 0) is 4.79 Å². The number of carbonyl (C=O) groups excluding carboxylic acids is 2. The van der Waals surface area contributed by atoms with Crippen molar-refractivity contribution in [3.8, 4) is 0 Å². The minimum absolute atomic E-state index is 0.146. The highest BCUT2D eigenvalue weighted by atomic mass is 19.1. The van der Waals surface area contributed by atoms with Gasteiger partial charge in [0.05, 0.1) is 5.52 Å². The third kappa shape index (κ3) is 3.00. The first-order chi connectivity index (χ1) is 11.5. The second kappa shape index (κ2) is 6.63. The Hall–Kier alpha value is -2.37. The molecule has 1 aromatic heterocycles. The number of carbonyl (C=O) groups is 2. The van der Waals surface area contributed by atoms with Gasteiger partial charge in [-0.3, -0.25) is 9.59 Å². The first-order valence-electron chi connectivity index (χ1n) is 8.36. The van der Waals surface area contributed by atoms with Crippen LogP contribution < -0.4 is 0 Å². The van der Waals surface area contributed by atoms with Crippen LogP contribution in [0.15, 0.2) is 18.2 Å². The predicted molar refractivity (Wildman–Crippen MR) is 90.4 cm³/mol. The molecule has 0 spiro atoms. The van der Waals surface area contributed by atoms with Crippen molar-refractivity contribution in [2.24, 2.45) is 0 Å². The van der Waals surface area contributed by atoms with Crippen LogP contribution in [0.2, 0.25) is 0 Å². The number of rotatable bonds is 3. The average Bonchev–Trinajstić information content (AvgIpc) is 3.05. The van der Waals surface area contributed by atoms with Gasteiger partial charge in [-0.1, -0.05) is 13.0 Å². The lowest BCUT2D eigenvalue weighted by Gasteiger charge is -2.34. The highest BCUT2D eigenvalue weighted by Crippen LogP contribution is 2.23. The number of aryl methyl sites for hydroxylation is 1. The molecule has 1 aliphatic rings. The van der Waals surface area contributed by atoms with Gasteiger partial charge in [0, 0.05) is 38.0 Å². The van der Waals surface area contributed by atoms with E-state index >= 15 is 0 Å². The molecule has 2 amide bonds. The molecule has 2 heterocycles. The van der Waals surface area contributed by atoms with E-state index in [9.17, 15) is 14.0 Å². The zero-order chi connectivity index (χ0) is 17.3. The molecular weight excluding hydrogens is 309 g/mol. The van der Waals surface area contributed by atoms with Gasteiger partial charge in [-0.15, -0.1) is 0 Å². The summed E-state index contributed by atoms with van der Waals surface area (Å²) < 4.78 is 13.9. The average molecular weight is 331 g/mol. The lowest BCUT2D eigenvalue weighted by Crippen LogP contribution is -2.50. The molecule has 128 valence electrons. The van der Waals surface area contributed by atoms with Crippen molar-refractivity contribution < 1.29 is 14.0 Å². The zero-order valence-electron chi connectivity index (χ0n) is 14.1. The largest absolute Gasteiger partial charge is 0.348 e. The van der Waals surface area contributed by atoms with Gasteiger partial charge in [-0.05, 0) is 31.0 Å². The fourth-order valence-electron chi connectivity index (χ4n) is 3.14. The Balaban J connectivity index is 1.73. The Bertz CT molecular complexity index is 737. The van der Waals surface area contributed by atoms with Gasteiger partial charge in [0.2, 0.25) is 5.91 Å². The standard InChI is InChI=1S/C18H22FN3O2/c1-3-4-16(23)21-7-9-22(10-8-21)18(24)15-11-13-12(2)5-6-14(19)17(13)20-15/h5-6,11,20H,3-4,7-10H2,1-2H3. The van der Waals surface area contributed by atoms with E-state index in [2.05, 4.69) is 4.98 Å². The van der Waals surface area contributed by atoms with Crippen LogP contribution in [0.25, 0.3) is 10.9 Å². The highest BCUT2D eigenvalue weighted by molar-refractivity contribution is 5.99. The van der Waals surface area contributed by atoms with Gasteiger partial charge in [-0.2, -0.15) is 0 Å². The van der Waals surface area contributed by atoms with Crippen LogP contribution in [0, 0.1) is 12.7 Å². The maximum atomic E-state index is 13.9. The van der Waals surface area contributed by atoms with Crippen molar-refractivity contribution in [3.05, 3.63) is 35.3 Å². The third-order valence-electron chi connectivity index (χ3n) is 4.57. The summed E-state index contributed by atoms with van der Waals surface area (Å²) in [6.07, 6.45) is 1.38. The minimum Gasteiger partial charge on any atom is -0.348 e. The summed E-state index contributed by atoms with van der Waals surface area (Å²) in [6, 6.07) is 4.82. The number of hydrogen-bond acceptors (Lipinski definition) is 2. The van der Waals surface area contributed by atoms with E-state index in [1.807, 2.05) is 18.7 Å². The second-order valence-electron chi connectivity index (χ2n) is 6.26. The van der Waals surface area contributed by atoms with Crippen LogP contribution in [0.3, 0.4) is 0 Å². The van der Waals surface area contributed by atoms with Crippen LogP contribution >= 0.6 is 0 Å². The van der Waals surface area contributed by atoms with E-state index in [0.717, 1.165) is 17.4 Å². The summed E-state index contributed by atoms with van der Waals surface area (Å²) in [5.74, 6) is -0.356. The van der Waals surface area contributed by atoms with Crippen molar-refractivity contribution >= 4 is 22.7 Å². The number of piperazine rings is 1. The number of nitrogens with zero attached hydrogens (tertiary/aromatic N) is 2. The van der Waals surface area contributed by atoms with Crippen molar-refractivity contribution in [2.75, 3.05) is 26.2 Å². The summed E-state index contributed by atoms with van der Waals surface area (Å²) >= 11 is 0. The van der Waals surface area contributed by atoms with E-state index < -0.39 is 0 Å². The molecule has 3 rings (SSSR count). The van der Waals surface area contributed by atoms with Crippen LogP contribution in [0.5, 0.6) is 0 Å². The Morgan fingerprint density at radius 3 is 2.46 bits per heavy atom. The molecule has 1 aromatic carbocycles. The van der Waals surface area contributed by atoms with E-state index in [4.69, 9.17) is 0 Å². The normalized spacial score (nSPS) is 15.1. The summed E-state index contributed by atoms with van der Waals surface area (Å²) in [7, 11) is 0. The number of hydrogen-bond donors (Lipinski definition) is 1. The summed E-state index contributed by atoms with van der Waals surface area (Å²) in [5.41, 5.74) is 1.69. The molecule has 0 saturated carbocycles. The lowest BCUT2D eigenvalue weighted by atomic mass is 10.1. The lowest BCUT2D eigenvalue weighted by molar-refractivity contribution is -0.132. The van der Waals surface area contributed by atoms with E-state index in [1.165, 1.54) is 6.07 Å². The molecule has 1 aliphatic heterocycles. The summed E-state index contributed by atoms with van der Waals surface area (Å²) in [4.78, 5) is 31.0. The summed E-state index contributed by atoms with van der Waals surface area (Å²) in [6.45, 7) is 5.99. The molecule has 24 heavy (non-hydrogen) atoms. The maximum absolute atomic E-state index is 13.9. The van der Waals surface area contributed by atoms with Gasteiger partial charge in [0.1, 0.15) is 11.5 Å². The monoisotopic (exact) mass is 331 g/mol. The predicted octanol–water partition coefficient (Wildman–Crippen LogP) is 2.70. The van der Waals surface area contributed by atoms with E-state index in [0.29, 0.717) is 43.8 Å². The SMILES string of the molecule is CCCC(=O)N1CCN(C(=O)c2cc3c(C)ccc(F)c3[nH]2)CC1. The smallest absolute Gasteiger partial charge is 0.270 e. The molecule has 2 aromatic rings. The number of aromatic amines is 1. The molecule has 0 bridgehead atoms. The number of nitrogens with one attached hydrogen (secondary N) is 1. The molecular formula is C18H22FN3O2. The highest BCUT2D eigenvalue weighted by Gasteiger charge is 2.25. The fourth-order valence-corrected chi connectivity index (χ4v) is 3.14. The molecule has 0 unspecified atom stereocenters. The number of H-pyrrole nitrogens is 1. The second-order valence-corrected chi connectivity index (χ2v) is 6.26. The van der Waals surface area contributed by atoms with Gasteiger partial charge in [0.25, 0.3) is 5.91 Å². The topological polar surface area (TPSA) is 56.4 Å². The Morgan fingerprint density at radius 1 is 1.17 bits per heavy atom. The van der Waals surface area contributed by atoms with Crippen molar-refractivity contribution in [1.29, 1.82) is 0 Å². The first-order valence-corrected chi connectivity index (χ1v) is 8.36. The van der Waals surface area contributed by atoms with Crippen molar-refractivity contribution in [1.82, 2.24) is 14.8 Å². The van der Waals surface area contributed by atoms with Crippen molar-refractivity contribution in [2.45, 2.75) is 26.7 Å². The molecule has 0 aliphatic carbocycles. The van der Waals surface area contributed by atoms with Gasteiger partial charge < -0.3 is 14.8 Å². The molecule has 1 fully saturated rings. The van der Waals surface area contributed by atoms with Crippen LogP contribution in [0.1, 0.15) is 35.8 Å². The van der Waals surface area contributed by atoms with Gasteiger partial charge >= 0.3 is 0 Å². The Morgan fingerprint density at radius 2 is 1.83 bits per heavy atom. The third-order valence-corrected chi connectivity index (χ3v) is 4.57. The number of aromatic nitrogens is 1. The Kier molecular flexibility index (Phi) is 4.55. The molecule has 1 N–H and O–H groups in total. The van der Waals surface area contributed by atoms with Crippen LogP contribution in [-0.4, -0.2) is 52.8 Å². The molecule has 6 heteroatoms.